The summed E-state index contributed by atoms with van der Waals surface area (Å²) < 4.78 is 31.4. The molecule has 0 aliphatic carbocycles. The lowest BCUT2D eigenvalue weighted by Gasteiger charge is -2.26. The van der Waals surface area contributed by atoms with Gasteiger partial charge in [-0.15, -0.1) is 0 Å². The van der Waals surface area contributed by atoms with E-state index in [2.05, 4.69) is 0 Å². The van der Waals surface area contributed by atoms with Crippen molar-refractivity contribution in [3.8, 4) is 11.5 Å². The van der Waals surface area contributed by atoms with E-state index >= 15 is 0 Å². The van der Waals surface area contributed by atoms with Gasteiger partial charge in [-0.25, -0.2) is 4.39 Å². The highest BCUT2D eigenvalue weighted by Crippen LogP contribution is 2.42. The van der Waals surface area contributed by atoms with Crippen molar-refractivity contribution in [3.63, 3.8) is 0 Å². The van der Waals surface area contributed by atoms with Crippen molar-refractivity contribution < 1.29 is 23.1 Å². The molecule has 5 aromatic rings. The van der Waals surface area contributed by atoms with Crippen LogP contribution in [0.3, 0.4) is 0 Å². The number of amides is 1. The summed E-state index contributed by atoms with van der Waals surface area (Å²) in [5, 5.41) is 0.0746. The van der Waals surface area contributed by atoms with E-state index < -0.39 is 23.2 Å². The minimum absolute atomic E-state index is 0.0717. The number of halogens is 1. The zero-order valence-corrected chi connectivity index (χ0v) is 20.4. The summed E-state index contributed by atoms with van der Waals surface area (Å²) in [4.78, 5) is 29.0. The van der Waals surface area contributed by atoms with E-state index in [9.17, 15) is 14.0 Å². The van der Waals surface area contributed by atoms with Crippen molar-refractivity contribution in [2.24, 2.45) is 0 Å². The fraction of sp³-hybridized carbons (Fsp3) is 0.0968. The monoisotopic (exact) mass is 507 g/mol. The van der Waals surface area contributed by atoms with Crippen LogP contribution in [0.15, 0.2) is 106 Å². The lowest BCUT2D eigenvalue weighted by atomic mass is 9.98. The van der Waals surface area contributed by atoms with E-state index in [1.54, 1.807) is 30.3 Å². The Hall–Kier alpha value is -4.91. The van der Waals surface area contributed by atoms with Gasteiger partial charge in [0, 0.05) is 11.8 Å². The van der Waals surface area contributed by atoms with Crippen molar-refractivity contribution in [3.05, 3.63) is 136 Å². The molecule has 1 aliphatic heterocycles. The van der Waals surface area contributed by atoms with Crippen LogP contribution >= 0.6 is 0 Å². The van der Waals surface area contributed by atoms with E-state index in [0.717, 1.165) is 11.6 Å². The quantitative estimate of drug-likeness (QED) is 0.271. The Morgan fingerprint density at radius 2 is 1.66 bits per heavy atom. The lowest BCUT2D eigenvalue weighted by molar-refractivity contribution is 0.0971. The number of ether oxygens (including phenoxy) is 2. The molecule has 7 heteroatoms. The number of hydrogen-bond donors (Lipinski definition) is 0. The number of benzene rings is 4. The van der Waals surface area contributed by atoms with Gasteiger partial charge in [0.05, 0.1) is 24.1 Å². The number of anilines is 1. The zero-order valence-electron chi connectivity index (χ0n) is 20.4. The Balaban J connectivity index is 1.50. The van der Waals surface area contributed by atoms with E-state index in [0.29, 0.717) is 29.4 Å². The molecule has 38 heavy (non-hydrogen) atoms. The van der Waals surface area contributed by atoms with Crippen LogP contribution in [0.5, 0.6) is 11.5 Å². The second-order valence-electron chi connectivity index (χ2n) is 8.94. The Kier molecular flexibility index (Phi) is 5.88. The number of nitrogens with zero attached hydrogens (tertiary/aromatic N) is 1. The Bertz CT molecular complexity index is 1730. The molecule has 0 N–H and O–H groups in total. The van der Waals surface area contributed by atoms with Gasteiger partial charge in [-0.1, -0.05) is 48.5 Å². The van der Waals surface area contributed by atoms with Crippen molar-refractivity contribution in [2.45, 2.75) is 12.6 Å². The highest BCUT2D eigenvalue weighted by molar-refractivity contribution is 6.10. The molecule has 0 saturated carbocycles. The van der Waals surface area contributed by atoms with Crippen molar-refractivity contribution in [1.29, 1.82) is 0 Å². The molecule has 0 radical (unpaired) electrons. The van der Waals surface area contributed by atoms with Gasteiger partial charge in [0.15, 0.2) is 5.43 Å². The van der Waals surface area contributed by atoms with Gasteiger partial charge in [0.25, 0.3) is 5.91 Å². The fourth-order valence-electron chi connectivity index (χ4n) is 4.80. The van der Waals surface area contributed by atoms with E-state index in [-0.39, 0.29) is 22.3 Å². The predicted molar refractivity (Wildman–Crippen MR) is 141 cm³/mol. The topological polar surface area (TPSA) is 69.0 Å². The largest absolute Gasteiger partial charge is 0.497 e. The van der Waals surface area contributed by atoms with Crippen molar-refractivity contribution >= 4 is 22.6 Å². The number of methoxy groups -OCH3 is 1. The Labute approximate surface area is 217 Å². The third kappa shape index (κ3) is 4.08. The van der Waals surface area contributed by atoms with Crippen LogP contribution in [0.2, 0.25) is 0 Å². The number of rotatable bonds is 6. The average molecular weight is 508 g/mol. The molecule has 0 bridgehead atoms. The molecule has 0 fully saturated rings. The molecular weight excluding hydrogens is 485 g/mol. The molecule has 1 aromatic heterocycles. The van der Waals surface area contributed by atoms with Crippen LogP contribution in [0.1, 0.15) is 33.3 Å². The first-order valence-electron chi connectivity index (χ1n) is 12.0. The average Bonchev–Trinajstić information content (AvgIpc) is 3.25. The molecule has 1 amide bonds. The van der Waals surface area contributed by atoms with Gasteiger partial charge in [0.2, 0.25) is 5.76 Å². The molecule has 0 spiro atoms. The molecule has 6 rings (SSSR count). The van der Waals surface area contributed by atoms with Crippen molar-refractivity contribution in [1.82, 2.24) is 0 Å². The Morgan fingerprint density at radius 3 is 2.47 bits per heavy atom. The smallest absolute Gasteiger partial charge is 0.295 e. The number of carbonyl (C=O) groups excluding carboxylic acids is 1. The maximum atomic E-state index is 14.1. The minimum Gasteiger partial charge on any atom is -0.497 e. The second kappa shape index (κ2) is 9.52. The maximum absolute atomic E-state index is 14.1. The highest BCUT2D eigenvalue weighted by atomic mass is 19.1. The van der Waals surface area contributed by atoms with Crippen LogP contribution in [0, 0.1) is 5.82 Å². The molecule has 1 atom stereocenters. The standard InChI is InChI=1S/C31H22FNO5/c1-36-23-11-6-10-22(17-23)33-28(20-9-5-12-24(15-20)37-18-19-7-3-2-4-8-19)27-29(34)25-16-21(32)13-14-26(25)38-30(27)31(33)35/h2-17,28H,18H2,1H3. The molecule has 1 aliphatic rings. The first-order chi connectivity index (χ1) is 18.5. The Morgan fingerprint density at radius 1 is 0.868 bits per heavy atom. The van der Waals surface area contributed by atoms with Crippen LogP contribution in [-0.2, 0) is 6.61 Å². The minimum atomic E-state index is -0.825. The third-order valence-electron chi connectivity index (χ3n) is 6.59. The van der Waals surface area contributed by atoms with Gasteiger partial charge >= 0.3 is 0 Å². The number of fused-ring (bicyclic) bond motifs is 2. The lowest BCUT2D eigenvalue weighted by Crippen LogP contribution is -2.29. The fourth-order valence-corrected chi connectivity index (χ4v) is 4.80. The SMILES string of the molecule is COc1cccc(N2C(=O)c3oc4ccc(F)cc4c(=O)c3C2c2cccc(OCc3ccccc3)c2)c1. The van der Waals surface area contributed by atoms with Gasteiger partial charge in [0.1, 0.15) is 29.5 Å². The van der Waals surface area contributed by atoms with Crippen LogP contribution in [0.4, 0.5) is 10.1 Å². The molecule has 2 heterocycles. The summed E-state index contributed by atoms with van der Waals surface area (Å²) in [6.07, 6.45) is 0. The third-order valence-corrected chi connectivity index (χ3v) is 6.59. The summed E-state index contributed by atoms with van der Waals surface area (Å²) in [5.74, 6) is 0.0202. The molecule has 1 unspecified atom stereocenters. The van der Waals surface area contributed by atoms with Gasteiger partial charge in [-0.3, -0.25) is 14.5 Å². The molecule has 0 saturated heterocycles. The molecule has 6 nitrogen and oxygen atoms in total. The zero-order chi connectivity index (χ0) is 26.2. The number of hydrogen-bond acceptors (Lipinski definition) is 5. The summed E-state index contributed by atoms with van der Waals surface area (Å²) in [6.45, 7) is 0.357. The van der Waals surface area contributed by atoms with Gasteiger partial charge in [-0.2, -0.15) is 0 Å². The highest BCUT2D eigenvalue weighted by Gasteiger charge is 2.44. The summed E-state index contributed by atoms with van der Waals surface area (Å²) in [6, 6.07) is 26.9. The predicted octanol–water partition coefficient (Wildman–Crippen LogP) is 6.27. The van der Waals surface area contributed by atoms with E-state index in [1.807, 2.05) is 48.5 Å². The molecule has 4 aromatic carbocycles. The number of carbonyl (C=O) groups is 1. The van der Waals surface area contributed by atoms with Crippen LogP contribution in [0.25, 0.3) is 11.0 Å². The first-order valence-corrected chi connectivity index (χ1v) is 12.0. The van der Waals surface area contributed by atoms with Crippen molar-refractivity contribution in [2.75, 3.05) is 12.0 Å². The van der Waals surface area contributed by atoms with Crippen LogP contribution in [-0.4, -0.2) is 13.0 Å². The van der Waals surface area contributed by atoms with E-state index in [1.165, 1.54) is 24.1 Å². The normalized spacial score (nSPS) is 14.5. The second-order valence-corrected chi connectivity index (χ2v) is 8.94. The molecule has 188 valence electrons. The summed E-state index contributed by atoms with van der Waals surface area (Å²) >= 11 is 0. The van der Waals surface area contributed by atoms with Crippen LogP contribution < -0.4 is 19.8 Å². The first kappa shape index (κ1) is 23.5. The van der Waals surface area contributed by atoms with Gasteiger partial charge in [-0.05, 0) is 53.6 Å². The summed E-state index contributed by atoms with van der Waals surface area (Å²) in [7, 11) is 1.54. The summed E-state index contributed by atoms with van der Waals surface area (Å²) in [5.41, 5.74) is 2.02. The van der Waals surface area contributed by atoms with Gasteiger partial charge < -0.3 is 13.9 Å². The molecular formula is C31H22FNO5. The maximum Gasteiger partial charge on any atom is 0.295 e. The van der Waals surface area contributed by atoms with E-state index in [4.69, 9.17) is 13.9 Å².